The van der Waals surface area contributed by atoms with Crippen molar-refractivity contribution in [3.05, 3.63) is 0 Å². The molecule has 1 atom stereocenters. The first kappa shape index (κ1) is 15.1. The molecule has 2 fully saturated rings. The number of ether oxygens (including phenoxy) is 1. The van der Waals surface area contributed by atoms with E-state index in [1.54, 1.807) is 4.90 Å². The molecule has 0 aromatic carbocycles. The Morgan fingerprint density at radius 2 is 2.15 bits per heavy atom. The van der Waals surface area contributed by atoms with Crippen LogP contribution in [0.1, 0.15) is 25.7 Å². The van der Waals surface area contributed by atoms with Crippen molar-refractivity contribution in [3.63, 3.8) is 0 Å². The van der Waals surface area contributed by atoms with E-state index in [0.717, 1.165) is 19.3 Å². The fourth-order valence-electron chi connectivity index (χ4n) is 2.80. The Balaban J connectivity index is 1.80. The molecule has 20 heavy (non-hydrogen) atoms. The number of aliphatic hydroxyl groups is 1. The molecule has 0 radical (unpaired) electrons. The number of hydrogen-bond acceptors (Lipinski definition) is 4. The Kier molecular flexibility index (Phi) is 4.82. The van der Waals surface area contributed by atoms with E-state index in [0.29, 0.717) is 26.2 Å². The lowest BCUT2D eigenvalue weighted by molar-refractivity contribution is -0.141. The lowest BCUT2D eigenvalue weighted by Crippen LogP contribution is -2.53. The first-order valence-corrected chi connectivity index (χ1v) is 7.02. The van der Waals surface area contributed by atoms with Gasteiger partial charge in [-0.25, -0.2) is 4.79 Å². The largest absolute Gasteiger partial charge is 0.481 e. The lowest BCUT2D eigenvalue weighted by Gasteiger charge is -2.41. The van der Waals surface area contributed by atoms with Crippen molar-refractivity contribution in [2.45, 2.75) is 31.8 Å². The minimum atomic E-state index is -0.814. The molecule has 1 saturated carbocycles. The summed E-state index contributed by atoms with van der Waals surface area (Å²) in [7, 11) is 0. The highest BCUT2D eigenvalue weighted by molar-refractivity contribution is 5.74. The van der Waals surface area contributed by atoms with Gasteiger partial charge in [-0.1, -0.05) is 6.42 Å². The van der Waals surface area contributed by atoms with Crippen LogP contribution >= 0.6 is 0 Å². The number of carboxylic acids is 1. The highest BCUT2D eigenvalue weighted by Gasteiger charge is 2.39. The average Bonchev–Trinajstić information content (AvgIpc) is 2.41. The van der Waals surface area contributed by atoms with Crippen LogP contribution in [0.25, 0.3) is 0 Å². The number of morpholine rings is 1. The number of nitrogens with one attached hydrogen (secondary N) is 1. The third-order valence-electron chi connectivity index (χ3n) is 4.18. The second-order valence-electron chi connectivity index (χ2n) is 5.70. The van der Waals surface area contributed by atoms with E-state index in [4.69, 9.17) is 14.9 Å². The number of nitrogens with zero attached hydrogens (tertiary/aromatic N) is 1. The zero-order chi connectivity index (χ0) is 14.6. The molecule has 1 unspecified atom stereocenters. The van der Waals surface area contributed by atoms with Gasteiger partial charge in [0.15, 0.2) is 0 Å². The average molecular weight is 286 g/mol. The molecule has 114 valence electrons. The molecule has 0 bridgehead atoms. The molecule has 2 amide bonds. The van der Waals surface area contributed by atoms with E-state index in [9.17, 15) is 9.59 Å². The van der Waals surface area contributed by atoms with Gasteiger partial charge in [-0.2, -0.15) is 0 Å². The first-order chi connectivity index (χ1) is 9.54. The van der Waals surface area contributed by atoms with E-state index in [1.807, 2.05) is 0 Å². The second kappa shape index (κ2) is 6.41. The van der Waals surface area contributed by atoms with Gasteiger partial charge in [-0.05, 0) is 18.3 Å². The van der Waals surface area contributed by atoms with Crippen LogP contribution < -0.4 is 5.32 Å². The van der Waals surface area contributed by atoms with Crippen LogP contribution in [0.2, 0.25) is 0 Å². The predicted octanol–water partition coefficient (Wildman–Crippen LogP) is 0.0341. The second-order valence-corrected chi connectivity index (χ2v) is 5.70. The summed E-state index contributed by atoms with van der Waals surface area (Å²) >= 11 is 0. The van der Waals surface area contributed by atoms with Crippen molar-refractivity contribution in [3.8, 4) is 0 Å². The van der Waals surface area contributed by atoms with Crippen LogP contribution in [-0.4, -0.2) is 66.1 Å². The van der Waals surface area contributed by atoms with Crippen LogP contribution in [0.4, 0.5) is 4.79 Å². The van der Waals surface area contributed by atoms with Crippen LogP contribution in [0.3, 0.4) is 0 Å². The summed E-state index contributed by atoms with van der Waals surface area (Å²) in [5, 5.41) is 20.8. The van der Waals surface area contributed by atoms with E-state index in [-0.39, 0.29) is 30.6 Å². The molecular formula is C13H22N2O5. The van der Waals surface area contributed by atoms with Gasteiger partial charge in [0.1, 0.15) is 0 Å². The summed E-state index contributed by atoms with van der Waals surface area (Å²) < 4.78 is 5.29. The maximum atomic E-state index is 12.1. The van der Waals surface area contributed by atoms with Gasteiger partial charge >= 0.3 is 12.0 Å². The number of carbonyl (C=O) groups excluding carboxylic acids is 1. The lowest BCUT2D eigenvalue weighted by atomic mass is 9.66. The van der Waals surface area contributed by atoms with E-state index < -0.39 is 5.97 Å². The van der Waals surface area contributed by atoms with Crippen LogP contribution in [0.5, 0.6) is 0 Å². The zero-order valence-electron chi connectivity index (χ0n) is 11.5. The Bertz CT molecular complexity index is 370. The van der Waals surface area contributed by atoms with Crippen molar-refractivity contribution in [2.24, 2.45) is 5.41 Å². The quantitative estimate of drug-likeness (QED) is 0.662. The summed E-state index contributed by atoms with van der Waals surface area (Å²) in [6, 6.07) is -0.205. The van der Waals surface area contributed by atoms with Gasteiger partial charge in [0.05, 0.1) is 32.3 Å². The summed E-state index contributed by atoms with van der Waals surface area (Å²) in [5.74, 6) is -0.814. The number of carboxylic acid groups (broad SMARTS) is 1. The van der Waals surface area contributed by atoms with E-state index >= 15 is 0 Å². The number of amides is 2. The van der Waals surface area contributed by atoms with Crippen LogP contribution in [0.15, 0.2) is 0 Å². The normalized spacial score (nSPS) is 24.9. The minimum absolute atomic E-state index is 0.104. The smallest absolute Gasteiger partial charge is 0.317 e. The zero-order valence-corrected chi connectivity index (χ0v) is 11.5. The molecular weight excluding hydrogens is 264 g/mol. The number of rotatable bonds is 5. The molecule has 2 rings (SSSR count). The van der Waals surface area contributed by atoms with Gasteiger partial charge in [0.25, 0.3) is 0 Å². The molecule has 1 heterocycles. The predicted molar refractivity (Wildman–Crippen MR) is 70.3 cm³/mol. The summed E-state index contributed by atoms with van der Waals surface area (Å²) in [6.45, 7) is 1.58. The molecule has 7 nitrogen and oxygen atoms in total. The molecule has 7 heteroatoms. The Morgan fingerprint density at radius 1 is 1.40 bits per heavy atom. The van der Waals surface area contributed by atoms with Crippen molar-refractivity contribution in [2.75, 3.05) is 32.8 Å². The monoisotopic (exact) mass is 286 g/mol. The topological polar surface area (TPSA) is 99.1 Å². The number of urea groups is 1. The van der Waals surface area contributed by atoms with Gasteiger partial charge in [0, 0.05) is 13.1 Å². The van der Waals surface area contributed by atoms with Crippen molar-refractivity contribution < 1.29 is 24.5 Å². The third-order valence-corrected chi connectivity index (χ3v) is 4.18. The molecule has 3 N–H and O–H groups in total. The minimum Gasteiger partial charge on any atom is -0.481 e. The van der Waals surface area contributed by atoms with Crippen LogP contribution in [-0.2, 0) is 9.53 Å². The third kappa shape index (κ3) is 3.61. The molecule has 1 saturated heterocycles. The molecule has 1 aliphatic carbocycles. The molecule has 0 aromatic heterocycles. The van der Waals surface area contributed by atoms with Gasteiger partial charge in [-0.15, -0.1) is 0 Å². The Hall–Kier alpha value is -1.34. The highest BCUT2D eigenvalue weighted by atomic mass is 16.5. The van der Waals surface area contributed by atoms with E-state index in [2.05, 4.69) is 5.32 Å². The van der Waals surface area contributed by atoms with Crippen molar-refractivity contribution in [1.82, 2.24) is 10.2 Å². The first-order valence-electron chi connectivity index (χ1n) is 7.02. The number of hydrogen-bond donors (Lipinski definition) is 3. The summed E-state index contributed by atoms with van der Waals surface area (Å²) in [4.78, 5) is 24.5. The number of carbonyl (C=O) groups is 2. The fraction of sp³-hybridized carbons (Fsp3) is 0.846. The van der Waals surface area contributed by atoms with Gasteiger partial charge in [0.2, 0.25) is 0 Å². The number of aliphatic hydroxyl groups excluding tert-OH is 1. The molecule has 1 aliphatic heterocycles. The Morgan fingerprint density at radius 3 is 2.70 bits per heavy atom. The standard InChI is InChI=1S/C13H22N2O5/c16-8-10-7-15(4-5-20-10)12(19)14-9-13(2-1-3-13)6-11(17)18/h10,16H,1-9H2,(H,14,19)(H,17,18). The maximum Gasteiger partial charge on any atom is 0.317 e. The van der Waals surface area contributed by atoms with E-state index in [1.165, 1.54) is 0 Å². The summed E-state index contributed by atoms with van der Waals surface area (Å²) in [5.41, 5.74) is -0.274. The summed E-state index contributed by atoms with van der Waals surface area (Å²) in [6.07, 6.45) is 2.50. The van der Waals surface area contributed by atoms with Gasteiger partial charge < -0.3 is 25.2 Å². The highest BCUT2D eigenvalue weighted by Crippen LogP contribution is 2.43. The maximum absolute atomic E-state index is 12.1. The van der Waals surface area contributed by atoms with Crippen LogP contribution in [0, 0.1) is 5.41 Å². The molecule has 0 aromatic rings. The SMILES string of the molecule is O=C(O)CC1(CNC(=O)N2CCOC(CO)C2)CCC1. The van der Waals surface area contributed by atoms with Crippen molar-refractivity contribution >= 4 is 12.0 Å². The van der Waals surface area contributed by atoms with Gasteiger partial charge in [-0.3, -0.25) is 4.79 Å². The fourth-order valence-corrected chi connectivity index (χ4v) is 2.80. The molecule has 2 aliphatic rings. The number of aliphatic carboxylic acids is 1. The molecule has 0 spiro atoms. The van der Waals surface area contributed by atoms with Crippen molar-refractivity contribution in [1.29, 1.82) is 0 Å². The Labute approximate surface area is 117 Å².